The summed E-state index contributed by atoms with van der Waals surface area (Å²) in [5.74, 6) is 0. The van der Waals surface area contributed by atoms with Crippen LogP contribution < -0.4 is 0 Å². The van der Waals surface area contributed by atoms with Crippen molar-refractivity contribution in [3.63, 3.8) is 0 Å². The Kier molecular flexibility index (Phi) is 4.45. The largest absolute Gasteiger partial charge is 0.416 e. The van der Waals surface area contributed by atoms with E-state index < -0.39 is 20.6 Å². The maximum Gasteiger partial charge on any atom is 0.416 e. The molecule has 0 amide bonds. The van der Waals surface area contributed by atoms with Gasteiger partial charge in [0.05, 0.1) is 0 Å². The first-order chi connectivity index (χ1) is 5.67. The Morgan fingerprint density at radius 3 is 2.00 bits per heavy atom. The first kappa shape index (κ1) is 13.0. The molecule has 0 aliphatic heterocycles. The van der Waals surface area contributed by atoms with Crippen molar-refractivity contribution in [1.82, 2.24) is 0 Å². The molecular formula is C8H17F3OSi. The quantitative estimate of drug-likeness (QED) is 0.713. The van der Waals surface area contributed by atoms with Crippen LogP contribution in [0.3, 0.4) is 0 Å². The first-order valence-corrected chi connectivity index (χ1v) is 7.58. The highest BCUT2D eigenvalue weighted by Gasteiger charge is 2.48. The third-order valence-corrected chi connectivity index (χ3v) is 3.62. The Hall–Kier alpha value is -0.0331. The van der Waals surface area contributed by atoms with Gasteiger partial charge in [-0.3, -0.25) is 0 Å². The Labute approximate surface area is 78.6 Å². The highest BCUT2D eigenvalue weighted by Crippen LogP contribution is 2.33. The molecule has 0 aromatic carbocycles. The summed E-state index contributed by atoms with van der Waals surface area (Å²) >= 11 is 0. The second-order valence-corrected chi connectivity index (χ2v) is 7.42. The van der Waals surface area contributed by atoms with E-state index in [1.807, 2.05) is 0 Å². The summed E-state index contributed by atoms with van der Waals surface area (Å²) in [6.07, 6.45) is -4.20. The third-order valence-electron chi connectivity index (χ3n) is 2.06. The van der Waals surface area contributed by atoms with Gasteiger partial charge in [-0.05, 0) is 13.3 Å². The van der Waals surface area contributed by atoms with E-state index in [-0.39, 0.29) is 6.42 Å². The van der Waals surface area contributed by atoms with E-state index in [1.165, 1.54) is 0 Å². The maximum atomic E-state index is 12.1. The van der Waals surface area contributed by atoms with Gasteiger partial charge in [-0.2, -0.15) is 13.2 Å². The highest BCUT2D eigenvalue weighted by atomic mass is 28.3. The third kappa shape index (κ3) is 4.66. The van der Waals surface area contributed by atoms with E-state index in [1.54, 1.807) is 0 Å². The summed E-state index contributed by atoms with van der Waals surface area (Å²) in [5, 5.41) is 9.05. The smallest absolute Gasteiger partial charge is 0.381 e. The van der Waals surface area contributed by atoms with Crippen LogP contribution >= 0.6 is 0 Å². The van der Waals surface area contributed by atoms with Crippen LogP contribution in [0.15, 0.2) is 0 Å². The van der Waals surface area contributed by atoms with Gasteiger partial charge in [0.15, 0.2) is 5.60 Å². The minimum atomic E-state index is -4.49. The Morgan fingerprint density at radius 2 is 1.69 bits per heavy atom. The van der Waals surface area contributed by atoms with Crippen LogP contribution in [0.2, 0.25) is 19.1 Å². The minimum Gasteiger partial charge on any atom is -0.381 e. The molecule has 0 aromatic heterocycles. The van der Waals surface area contributed by atoms with E-state index >= 15 is 0 Å². The molecule has 80 valence electrons. The van der Waals surface area contributed by atoms with Gasteiger partial charge in [-0.15, -0.1) is 0 Å². The van der Waals surface area contributed by atoms with Gasteiger partial charge in [0.1, 0.15) is 0 Å². The molecule has 0 aliphatic carbocycles. The van der Waals surface area contributed by atoms with Crippen LogP contribution in [0.4, 0.5) is 13.2 Å². The summed E-state index contributed by atoms with van der Waals surface area (Å²) in [6, 6.07) is 0.853. The Balaban J connectivity index is 3.90. The number of alkyl halides is 3. The monoisotopic (exact) mass is 214 g/mol. The minimum absolute atomic E-state index is 0.179. The van der Waals surface area contributed by atoms with Crippen LogP contribution in [0.5, 0.6) is 0 Å². The zero-order valence-electron chi connectivity index (χ0n) is 8.28. The molecule has 0 saturated carbocycles. The van der Waals surface area contributed by atoms with Crippen molar-refractivity contribution in [2.24, 2.45) is 0 Å². The van der Waals surface area contributed by atoms with Crippen molar-refractivity contribution in [3.05, 3.63) is 0 Å². The van der Waals surface area contributed by atoms with Crippen molar-refractivity contribution < 1.29 is 18.3 Å². The predicted molar refractivity (Wildman–Crippen MR) is 49.6 cm³/mol. The molecule has 0 fully saturated rings. The van der Waals surface area contributed by atoms with Crippen molar-refractivity contribution in [2.75, 3.05) is 0 Å². The molecule has 1 unspecified atom stereocenters. The molecular weight excluding hydrogens is 197 g/mol. The standard InChI is InChI=1S/C8H17F3OSi/c1-7(12,8(9,10)11)5-4-6-13(2)3/h12-13H,4-6H2,1-3H3. The molecule has 0 radical (unpaired) electrons. The lowest BCUT2D eigenvalue weighted by atomic mass is 10.0. The number of halogens is 3. The lowest BCUT2D eigenvalue weighted by Crippen LogP contribution is -2.42. The predicted octanol–water partition coefficient (Wildman–Crippen LogP) is 2.57. The fourth-order valence-electron chi connectivity index (χ4n) is 0.996. The molecule has 0 aliphatic rings. The van der Waals surface area contributed by atoms with E-state index in [2.05, 4.69) is 13.1 Å². The molecule has 0 heterocycles. The normalized spacial score (nSPS) is 17.5. The number of hydrogen-bond donors (Lipinski definition) is 1. The molecule has 0 aromatic rings. The van der Waals surface area contributed by atoms with Crippen molar-refractivity contribution >= 4 is 8.80 Å². The number of rotatable bonds is 4. The summed E-state index contributed by atoms with van der Waals surface area (Å²) in [7, 11) is -0.792. The van der Waals surface area contributed by atoms with Crippen LogP contribution in [0, 0.1) is 0 Å². The molecule has 0 saturated heterocycles. The number of hydrogen-bond acceptors (Lipinski definition) is 1. The Bertz CT molecular complexity index is 154. The lowest BCUT2D eigenvalue weighted by Gasteiger charge is -2.26. The number of aliphatic hydroxyl groups is 1. The molecule has 0 rings (SSSR count). The van der Waals surface area contributed by atoms with Crippen molar-refractivity contribution in [2.45, 2.75) is 50.7 Å². The average molecular weight is 214 g/mol. The van der Waals surface area contributed by atoms with Gasteiger partial charge >= 0.3 is 6.18 Å². The first-order valence-electron chi connectivity index (χ1n) is 4.46. The van der Waals surface area contributed by atoms with E-state index in [0.29, 0.717) is 6.42 Å². The van der Waals surface area contributed by atoms with Crippen LogP contribution in [0.1, 0.15) is 19.8 Å². The molecule has 1 atom stereocenters. The molecule has 1 N–H and O–H groups in total. The van der Waals surface area contributed by atoms with Gasteiger partial charge in [-0.1, -0.05) is 25.6 Å². The molecule has 5 heteroatoms. The highest BCUT2D eigenvalue weighted by molar-refractivity contribution is 6.55. The van der Waals surface area contributed by atoms with Gasteiger partial charge in [0.2, 0.25) is 0 Å². The second kappa shape index (κ2) is 4.46. The fourth-order valence-corrected chi connectivity index (χ4v) is 2.02. The SMILES string of the molecule is C[SiH](C)CCCC(C)(O)C(F)(F)F. The fraction of sp³-hybridized carbons (Fsp3) is 1.00. The summed E-state index contributed by atoms with van der Waals surface area (Å²) < 4.78 is 36.4. The van der Waals surface area contributed by atoms with Crippen LogP contribution in [-0.2, 0) is 0 Å². The molecule has 13 heavy (non-hydrogen) atoms. The van der Waals surface area contributed by atoms with Crippen LogP contribution in [-0.4, -0.2) is 25.7 Å². The van der Waals surface area contributed by atoms with Gasteiger partial charge in [0.25, 0.3) is 0 Å². The van der Waals surface area contributed by atoms with Gasteiger partial charge in [0, 0.05) is 8.80 Å². The lowest BCUT2D eigenvalue weighted by molar-refractivity contribution is -0.255. The Morgan fingerprint density at radius 1 is 1.23 bits per heavy atom. The van der Waals surface area contributed by atoms with Gasteiger partial charge < -0.3 is 5.11 Å². The summed E-state index contributed by atoms with van der Waals surface area (Å²) in [6.45, 7) is 5.01. The maximum absolute atomic E-state index is 12.1. The second-order valence-electron chi connectivity index (χ2n) is 4.06. The zero-order valence-corrected chi connectivity index (χ0v) is 9.43. The summed E-state index contributed by atoms with van der Waals surface area (Å²) in [4.78, 5) is 0. The van der Waals surface area contributed by atoms with E-state index in [4.69, 9.17) is 5.11 Å². The van der Waals surface area contributed by atoms with Crippen molar-refractivity contribution in [1.29, 1.82) is 0 Å². The zero-order chi connectivity index (χ0) is 10.7. The van der Waals surface area contributed by atoms with Gasteiger partial charge in [-0.25, -0.2) is 0 Å². The van der Waals surface area contributed by atoms with Crippen LogP contribution in [0.25, 0.3) is 0 Å². The average Bonchev–Trinajstić information content (AvgIpc) is 1.82. The molecule has 0 bridgehead atoms. The topological polar surface area (TPSA) is 20.2 Å². The van der Waals surface area contributed by atoms with E-state index in [0.717, 1.165) is 13.0 Å². The van der Waals surface area contributed by atoms with Crippen molar-refractivity contribution in [3.8, 4) is 0 Å². The summed E-state index contributed by atoms with van der Waals surface area (Å²) in [5.41, 5.74) is -2.50. The van der Waals surface area contributed by atoms with E-state index in [9.17, 15) is 13.2 Å². The molecule has 0 spiro atoms. The molecule has 1 nitrogen and oxygen atoms in total.